The normalized spacial score (nSPS) is 10.5. The molecule has 0 saturated heterocycles. The van der Waals surface area contributed by atoms with Gasteiger partial charge in [-0.1, -0.05) is 29.3 Å². The summed E-state index contributed by atoms with van der Waals surface area (Å²) in [4.78, 5) is 12.8. The van der Waals surface area contributed by atoms with Crippen LogP contribution in [0, 0.1) is 6.92 Å². The molecule has 0 aliphatic heterocycles. The van der Waals surface area contributed by atoms with Crippen LogP contribution >= 0.6 is 11.6 Å². The van der Waals surface area contributed by atoms with E-state index in [2.05, 4.69) is 0 Å². The predicted octanol–water partition coefficient (Wildman–Crippen LogP) is 7.46. The predicted molar refractivity (Wildman–Crippen MR) is 119 cm³/mol. The maximum atomic E-state index is 12.8. The molecule has 4 rings (SSSR count). The molecule has 0 fully saturated rings. The smallest absolute Gasteiger partial charge is 0.193 e. The highest BCUT2D eigenvalue weighted by Gasteiger charge is 2.10. The standard InChI is InChI=1S/C26H19ClO3/c1-18-2-10-22(11-3-18)29-23-12-4-19(5-13-23)26(28)20-6-14-24(15-7-20)30-25-16-8-21(27)9-17-25/h2-17H,1H3. The van der Waals surface area contributed by atoms with Crippen LogP contribution in [0.25, 0.3) is 0 Å². The zero-order chi connectivity index (χ0) is 20.9. The molecule has 4 aromatic rings. The Hall–Kier alpha value is -3.56. The van der Waals surface area contributed by atoms with Crippen molar-refractivity contribution in [2.24, 2.45) is 0 Å². The Balaban J connectivity index is 1.42. The lowest BCUT2D eigenvalue weighted by molar-refractivity contribution is 0.103. The first-order chi connectivity index (χ1) is 14.6. The fourth-order valence-corrected chi connectivity index (χ4v) is 3.02. The molecule has 148 valence electrons. The fraction of sp³-hybridized carbons (Fsp3) is 0.0385. The summed E-state index contributed by atoms with van der Waals surface area (Å²) >= 11 is 5.88. The second-order valence-electron chi connectivity index (χ2n) is 6.85. The van der Waals surface area contributed by atoms with Crippen LogP contribution < -0.4 is 9.47 Å². The molecule has 0 atom stereocenters. The molecular weight excluding hydrogens is 396 g/mol. The molecule has 30 heavy (non-hydrogen) atoms. The SMILES string of the molecule is Cc1ccc(Oc2ccc(C(=O)c3ccc(Oc4ccc(Cl)cc4)cc3)cc2)cc1. The van der Waals surface area contributed by atoms with Crippen molar-refractivity contribution in [1.82, 2.24) is 0 Å². The summed E-state index contributed by atoms with van der Waals surface area (Å²) in [6.07, 6.45) is 0. The number of ketones is 1. The van der Waals surface area contributed by atoms with Crippen molar-refractivity contribution in [3.8, 4) is 23.0 Å². The van der Waals surface area contributed by atoms with E-state index in [1.165, 1.54) is 5.56 Å². The monoisotopic (exact) mass is 414 g/mol. The fourth-order valence-electron chi connectivity index (χ4n) is 2.90. The number of hydrogen-bond donors (Lipinski definition) is 0. The van der Waals surface area contributed by atoms with Gasteiger partial charge in [-0.15, -0.1) is 0 Å². The van der Waals surface area contributed by atoms with Crippen LogP contribution in [0.15, 0.2) is 97.1 Å². The van der Waals surface area contributed by atoms with E-state index in [1.54, 1.807) is 72.8 Å². The van der Waals surface area contributed by atoms with Gasteiger partial charge in [0.15, 0.2) is 5.78 Å². The van der Waals surface area contributed by atoms with Gasteiger partial charge in [-0.25, -0.2) is 0 Å². The van der Waals surface area contributed by atoms with Gasteiger partial charge in [-0.3, -0.25) is 4.79 Å². The number of ether oxygens (including phenoxy) is 2. The summed E-state index contributed by atoms with van der Waals surface area (Å²) in [5, 5.41) is 0.651. The van der Waals surface area contributed by atoms with Crippen LogP contribution in [-0.2, 0) is 0 Å². The minimum atomic E-state index is -0.0603. The van der Waals surface area contributed by atoms with Gasteiger partial charge in [-0.2, -0.15) is 0 Å². The molecule has 0 amide bonds. The molecule has 0 spiro atoms. The summed E-state index contributed by atoms with van der Waals surface area (Å²) in [6.45, 7) is 2.03. The Morgan fingerprint density at radius 3 is 1.30 bits per heavy atom. The molecule has 0 saturated carbocycles. The Kier molecular flexibility index (Phi) is 5.82. The summed E-state index contributed by atoms with van der Waals surface area (Å²) in [6, 6.07) is 29.1. The van der Waals surface area contributed by atoms with Gasteiger partial charge in [0, 0.05) is 16.1 Å². The van der Waals surface area contributed by atoms with Crippen LogP contribution in [0.4, 0.5) is 0 Å². The summed E-state index contributed by atoms with van der Waals surface area (Å²) < 4.78 is 11.6. The second-order valence-corrected chi connectivity index (χ2v) is 7.29. The van der Waals surface area contributed by atoms with Crippen molar-refractivity contribution in [3.05, 3.63) is 119 Å². The van der Waals surface area contributed by atoms with Gasteiger partial charge in [0.2, 0.25) is 0 Å². The first kappa shape index (κ1) is 19.7. The van der Waals surface area contributed by atoms with Gasteiger partial charge >= 0.3 is 0 Å². The number of carbonyl (C=O) groups excluding carboxylic acids is 1. The van der Waals surface area contributed by atoms with Crippen molar-refractivity contribution in [2.45, 2.75) is 6.92 Å². The molecule has 0 unspecified atom stereocenters. The number of rotatable bonds is 6. The molecule has 4 heteroatoms. The van der Waals surface area contributed by atoms with Crippen molar-refractivity contribution in [2.75, 3.05) is 0 Å². The maximum Gasteiger partial charge on any atom is 0.193 e. The van der Waals surface area contributed by atoms with Crippen molar-refractivity contribution < 1.29 is 14.3 Å². The first-order valence-corrected chi connectivity index (χ1v) is 9.87. The highest BCUT2D eigenvalue weighted by Crippen LogP contribution is 2.25. The largest absolute Gasteiger partial charge is 0.457 e. The third kappa shape index (κ3) is 4.88. The van der Waals surface area contributed by atoms with E-state index >= 15 is 0 Å². The number of hydrogen-bond acceptors (Lipinski definition) is 3. The molecule has 0 aliphatic carbocycles. The minimum absolute atomic E-state index is 0.0603. The molecule has 0 bridgehead atoms. The molecule has 0 heterocycles. The Labute approximate surface area is 180 Å². The highest BCUT2D eigenvalue weighted by atomic mass is 35.5. The Bertz CT molecular complexity index is 1040. The quantitative estimate of drug-likeness (QED) is 0.307. The zero-order valence-electron chi connectivity index (χ0n) is 16.3. The van der Waals surface area contributed by atoms with Gasteiger partial charge in [0.05, 0.1) is 0 Å². The second kappa shape index (κ2) is 8.85. The lowest BCUT2D eigenvalue weighted by Gasteiger charge is -2.08. The van der Waals surface area contributed by atoms with Crippen molar-refractivity contribution >= 4 is 17.4 Å². The van der Waals surface area contributed by atoms with Crippen LogP contribution in [0.2, 0.25) is 5.02 Å². The van der Waals surface area contributed by atoms with E-state index in [0.29, 0.717) is 33.4 Å². The van der Waals surface area contributed by atoms with Gasteiger partial charge in [-0.05, 0) is 91.9 Å². The molecule has 3 nitrogen and oxygen atoms in total. The van der Waals surface area contributed by atoms with E-state index in [1.807, 2.05) is 31.2 Å². The summed E-state index contributed by atoms with van der Waals surface area (Å²) in [7, 11) is 0. The summed E-state index contributed by atoms with van der Waals surface area (Å²) in [5.41, 5.74) is 2.36. The molecule has 0 aliphatic rings. The van der Waals surface area contributed by atoms with Crippen molar-refractivity contribution in [1.29, 1.82) is 0 Å². The average molecular weight is 415 g/mol. The topological polar surface area (TPSA) is 35.5 Å². The van der Waals surface area contributed by atoms with E-state index in [9.17, 15) is 4.79 Å². The maximum absolute atomic E-state index is 12.8. The third-order valence-corrected chi connectivity index (χ3v) is 4.79. The van der Waals surface area contributed by atoms with E-state index in [-0.39, 0.29) is 5.78 Å². The molecule has 0 N–H and O–H groups in total. The molecular formula is C26H19ClO3. The Morgan fingerprint density at radius 1 is 0.567 bits per heavy atom. The first-order valence-electron chi connectivity index (χ1n) is 9.50. The highest BCUT2D eigenvalue weighted by molar-refractivity contribution is 6.30. The summed E-state index contributed by atoms with van der Waals surface area (Å²) in [5.74, 6) is 2.71. The minimum Gasteiger partial charge on any atom is -0.457 e. The van der Waals surface area contributed by atoms with Crippen LogP contribution in [0.3, 0.4) is 0 Å². The Morgan fingerprint density at radius 2 is 0.900 bits per heavy atom. The van der Waals surface area contributed by atoms with Crippen LogP contribution in [0.1, 0.15) is 21.5 Å². The lowest BCUT2D eigenvalue weighted by atomic mass is 10.0. The van der Waals surface area contributed by atoms with Gasteiger partial charge < -0.3 is 9.47 Å². The molecule has 4 aromatic carbocycles. The third-order valence-electron chi connectivity index (χ3n) is 4.54. The lowest BCUT2D eigenvalue weighted by Crippen LogP contribution is -2.01. The van der Waals surface area contributed by atoms with E-state index in [0.717, 1.165) is 5.75 Å². The zero-order valence-corrected chi connectivity index (χ0v) is 17.1. The van der Waals surface area contributed by atoms with Crippen LogP contribution in [0.5, 0.6) is 23.0 Å². The average Bonchev–Trinajstić information content (AvgIpc) is 2.77. The van der Waals surface area contributed by atoms with E-state index < -0.39 is 0 Å². The molecule has 0 aromatic heterocycles. The van der Waals surface area contributed by atoms with Gasteiger partial charge in [0.25, 0.3) is 0 Å². The number of aryl methyl sites for hydroxylation is 1. The van der Waals surface area contributed by atoms with Crippen molar-refractivity contribution in [3.63, 3.8) is 0 Å². The van der Waals surface area contributed by atoms with E-state index in [4.69, 9.17) is 21.1 Å². The number of benzene rings is 4. The van der Waals surface area contributed by atoms with Gasteiger partial charge in [0.1, 0.15) is 23.0 Å². The molecule has 0 radical (unpaired) electrons. The van der Waals surface area contributed by atoms with Crippen LogP contribution in [-0.4, -0.2) is 5.78 Å². The number of carbonyl (C=O) groups is 1. The number of halogens is 1.